The van der Waals surface area contributed by atoms with Crippen molar-refractivity contribution in [2.24, 2.45) is 0 Å². The molecule has 9 heteroatoms. The second kappa shape index (κ2) is 7.06. The van der Waals surface area contributed by atoms with Crippen LogP contribution in [-0.2, 0) is 6.54 Å². The number of aromatic amines is 1. The number of hydrogen-bond donors (Lipinski definition) is 2. The lowest BCUT2D eigenvalue weighted by atomic mass is 9.96. The minimum absolute atomic E-state index is 0.331. The molecule has 0 atom stereocenters. The first kappa shape index (κ1) is 17.4. The molecule has 3 aromatic heterocycles. The fraction of sp³-hybridized carbons (Fsp3) is 0.0500. The van der Waals surface area contributed by atoms with Crippen LogP contribution >= 0.6 is 11.6 Å². The molecule has 142 valence electrons. The zero-order chi connectivity index (χ0) is 19.8. The van der Waals surface area contributed by atoms with Crippen molar-refractivity contribution in [3.05, 3.63) is 71.7 Å². The second-order valence-corrected chi connectivity index (χ2v) is 6.78. The molecule has 0 saturated heterocycles. The molecule has 3 heterocycles. The number of rotatable bonds is 4. The predicted octanol–water partition coefficient (Wildman–Crippen LogP) is 4.37. The van der Waals surface area contributed by atoms with Crippen LogP contribution in [0.3, 0.4) is 0 Å². The van der Waals surface area contributed by atoms with Crippen LogP contribution in [0, 0.1) is 5.82 Å². The Morgan fingerprint density at radius 2 is 2.00 bits per heavy atom. The van der Waals surface area contributed by atoms with Gasteiger partial charge in [0.25, 0.3) is 0 Å². The summed E-state index contributed by atoms with van der Waals surface area (Å²) in [6.07, 6.45) is 4.59. The summed E-state index contributed by atoms with van der Waals surface area (Å²) < 4.78 is 13.9. The Hall–Kier alpha value is -3.65. The first-order chi connectivity index (χ1) is 14.2. The Balaban J connectivity index is 1.65. The zero-order valence-corrected chi connectivity index (χ0v) is 15.7. The van der Waals surface area contributed by atoms with Gasteiger partial charge in [-0.05, 0) is 35.4 Å². The van der Waals surface area contributed by atoms with E-state index in [1.54, 1.807) is 24.7 Å². The molecule has 0 unspecified atom stereocenters. The average molecular weight is 406 g/mol. The van der Waals surface area contributed by atoms with Gasteiger partial charge in [0.2, 0.25) is 0 Å². The summed E-state index contributed by atoms with van der Waals surface area (Å²) >= 11 is 6.50. The molecule has 7 nitrogen and oxygen atoms in total. The predicted molar refractivity (Wildman–Crippen MR) is 109 cm³/mol. The van der Waals surface area contributed by atoms with Crippen molar-refractivity contribution in [1.82, 2.24) is 30.1 Å². The van der Waals surface area contributed by atoms with Crippen LogP contribution in [-0.4, -0.2) is 30.1 Å². The van der Waals surface area contributed by atoms with Crippen molar-refractivity contribution in [2.75, 3.05) is 5.32 Å². The third-order valence-electron chi connectivity index (χ3n) is 4.61. The molecule has 0 aliphatic rings. The highest BCUT2D eigenvalue weighted by atomic mass is 35.5. The smallest absolute Gasteiger partial charge is 0.162 e. The minimum Gasteiger partial charge on any atom is -0.364 e. The zero-order valence-electron chi connectivity index (χ0n) is 14.9. The minimum atomic E-state index is -0.331. The van der Waals surface area contributed by atoms with E-state index in [1.165, 1.54) is 18.5 Å². The summed E-state index contributed by atoms with van der Waals surface area (Å²) in [7, 11) is 0. The number of anilines is 1. The van der Waals surface area contributed by atoms with Crippen LogP contribution in [0.5, 0.6) is 0 Å². The number of benzene rings is 2. The van der Waals surface area contributed by atoms with Crippen LogP contribution in [0.4, 0.5) is 10.2 Å². The molecule has 5 rings (SSSR count). The summed E-state index contributed by atoms with van der Waals surface area (Å²) in [4.78, 5) is 15.6. The van der Waals surface area contributed by atoms with Crippen LogP contribution in [0.2, 0.25) is 5.02 Å². The molecule has 0 bridgehead atoms. The van der Waals surface area contributed by atoms with E-state index in [9.17, 15) is 4.39 Å². The normalized spacial score (nSPS) is 11.2. The molecule has 0 radical (unpaired) electrons. The van der Waals surface area contributed by atoms with E-state index in [4.69, 9.17) is 11.6 Å². The van der Waals surface area contributed by atoms with Gasteiger partial charge < -0.3 is 10.3 Å². The van der Waals surface area contributed by atoms with Gasteiger partial charge in [0.1, 0.15) is 23.2 Å². The van der Waals surface area contributed by atoms with Crippen molar-refractivity contribution in [3.8, 4) is 11.1 Å². The maximum Gasteiger partial charge on any atom is 0.162 e. The van der Waals surface area contributed by atoms with E-state index in [1.807, 2.05) is 12.1 Å². The molecule has 29 heavy (non-hydrogen) atoms. The lowest BCUT2D eigenvalue weighted by molar-refractivity contribution is 0.628. The van der Waals surface area contributed by atoms with Crippen LogP contribution in [0.25, 0.3) is 33.2 Å². The Kier molecular flexibility index (Phi) is 4.25. The molecule has 0 aliphatic carbocycles. The van der Waals surface area contributed by atoms with Gasteiger partial charge in [-0.1, -0.05) is 23.7 Å². The largest absolute Gasteiger partial charge is 0.364 e. The average Bonchev–Trinajstić information content (AvgIpc) is 3.22. The summed E-state index contributed by atoms with van der Waals surface area (Å²) in [6.45, 7) is 0.372. The highest BCUT2D eigenvalue weighted by Crippen LogP contribution is 2.35. The molecular weight excluding hydrogens is 393 g/mol. The van der Waals surface area contributed by atoms with E-state index in [0.717, 1.165) is 16.5 Å². The molecule has 0 saturated carbocycles. The van der Waals surface area contributed by atoms with Gasteiger partial charge in [0.15, 0.2) is 11.5 Å². The molecule has 2 N–H and O–H groups in total. The molecule has 0 spiro atoms. The van der Waals surface area contributed by atoms with Crippen molar-refractivity contribution in [1.29, 1.82) is 0 Å². The monoisotopic (exact) mass is 405 g/mol. The Labute approximate surface area is 169 Å². The maximum atomic E-state index is 13.9. The van der Waals surface area contributed by atoms with Crippen LogP contribution < -0.4 is 5.32 Å². The van der Waals surface area contributed by atoms with Crippen LogP contribution in [0.1, 0.15) is 5.56 Å². The number of halogens is 2. The van der Waals surface area contributed by atoms with Crippen molar-refractivity contribution >= 4 is 39.5 Å². The Morgan fingerprint density at radius 1 is 1.07 bits per heavy atom. The van der Waals surface area contributed by atoms with Gasteiger partial charge in [0.05, 0.1) is 17.5 Å². The maximum absolute atomic E-state index is 13.9. The molecule has 0 fully saturated rings. The fourth-order valence-corrected chi connectivity index (χ4v) is 3.63. The van der Waals surface area contributed by atoms with E-state index < -0.39 is 0 Å². The summed E-state index contributed by atoms with van der Waals surface area (Å²) in [5.41, 5.74) is 4.15. The molecule has 0 amide bonds. The van der Waals surface area contributed by atoms with Gasteiger partial charge in [-0.3, -0.25) is 0 Å². The van der Waals surface area contributed by atoms with Crippen molar-refractivity contribution < 1.29 is 4.39 Å². The number of imidazole rings is 1. The van der Waals surface area contributed by atoms with Gasteiger partial charge in [-0.2, -0.15) is 5.10 Å². The topological polar surface area (TPSA) is 92.3 Å². The van der Waals surface area contributed by atoms with E-state index in [2.05, 4.69) is 35.5 Å². The molecule has 2 aromatic carbocycles. The van der Waals surface area contributed by atoms with Crippen molar-refractivity contribution in [2.45, 2.75) is 6.54 Å². The first-order valence-electron chi connectivity index (χ1n) is 8.77. The van der Waals surface area contributed by atoms with Gasteiger partial charge in [-0.25, -0.2) is 19.3 Å². The number of fused-ring (bicyclic) bond motifs is 2. The van der Waals surface area contributed by atoms with Gasteiger partial charge >= 0.3 is 0 Å². The summed E-state index contributed by atoms with van der Waals surface area (Å²) in [6, 6.07) is 10.0. The third-order valence-corrected chi connectivity index (χ3v) is 4.93. The molecular formula is C20H13ClFN7. The van der Waals surface area contributed by atoms with Gasteiger partial charge in [0, 0.05) is 17.5 Å². The van der Waals surface area contributed by atoms with Gasteiger partial charge in [-0.15, -0.1) is 5.10 Å². The second-order valence-electron chi connectivity index (χ2n) is 6.37. The lowest BCUT2D eigenvalue weighted by Gasteiger charge is -2.15. The highest BCUT2D eigenvalue weighted by molar-refractivity contribution is 6.36. The molecule has 5 aromatic rings. The highest BCUT2D eigenvalue weighted by Gasteiger charge is 2.16. The Morgan fingerprint density at radius 3 is 2.90 bits per heavy atom. The number of H-pyrrole nitrogens is 1. The lowest BCUT2D eigenvalue weighted by Crippen LogP contribution is -2.05. The Bertz CT molecular complexity index is 1350. The van der Waals surface area contributed by atoms with E-state index in [-0.39, 0.29) is 5.82 Å². The number of nitrogens with zero attached hydrogens (tertiary/aromatic N) is 5. The summed E-state index contributed by atoms with van der Waals surface area (Å²) in [5, 5.41) is 12.8. The first-order valence-corrected chi connectivity index (χ1v) is 9.15. The molecule has 0 aliphatic heterocycles. The van der Waals surface area contributed by atoms with E-state index in [0.29, 0.717) is 39.6 Å². The third kappa shape index (κ3) is 3.13. The number of aromatic nitrogens is 6. The SMILES string of the molecule is Fc1cccc(-c2c(CNc3ncnc4[nH]cnc34)cc(Cl)c3ccnnc23)c1. The van der Waals surface area contributed by atoms with E-state index >= 15 is 0 Å². The fourth-order valence-electron chi connectivity index (χ4n) is 3.34. The standard InChI is InChI=1S/C20H13ClFN7/c21-15-7-12(8-23-19-18-20(25-9-24-18)27-10-26-19)16(11-2-1-3-13(22)6-11)17-14(15)4-5-28-29-17/h1-7,9-10H,8H2,(H2,23,24,25,26,27). The number of hydrogen-bond acceptors (Lipinski definition) is 6. The number of nitrogens with one attached hydrogen (secondary N) is 2. The quantitative estimate of drug-likeness (QED) is 0.461. The van der Waals surface area contributed by atoms with Crippen molar-refractivity contribution in [3.63, 3.8) is 0 Å². The summed E-state index contributed by atoms with van der Waals surface area (Å²) in [5.74, 6) is 0.249. The van der Waals surface area contributed by atoms with Crippen LogP contribution in [0.15, 0.2) is 55.2 Å².